The Balaban J connectivity index is -0.0000000245. The summed E-state index contributed by atoms with van der Waals surface area (Å²) in [5, 5.41) is 88.5. The molecule has 0 aliphatic heterocycles. The normalized spacial score (nSPS) is 5.54. The fourth-order valence-electron chi connectivity index (χ4n) is 0. The molecule has 26 heavy (non-hydrogen) atoms. The third-order valence-corrected chi connectivity index (χ3v) is 0. The van der Waals surface area contributed by atoms with Crippen LogP contribution in [0.2, 0.25) is 0 Å². The van der Waals surface area contributed by atoms with Crippen molar-refractivity contribution in [1.29, 1.82) is 0 Å². The molecule has 0 bridgehead atoms. The maximum absolute atomic E-state index is 8.25. The Morgan fingerprint density at radius 2 is 0.308 bits per heavy atom. The molecule has 0 spiro atoms. The Labute approximate surface area is 166 Å². The van der Waals surface area contributed by atoms with E-state index in [1.807, 2.05) is 0 Å². The fraction of sp³-hybridized carbons (Fsp3) is 0. The molecule has 0 fully saturated rings. The van der Waals surface area contributed by atoms with Gasteiger partial charge in [-0.1, -0.05) is 0 Å². The van der Waals surface area contributed by atoms with E-state index in [0.29, 0.717) is 0 Å². The first kappa shape index (κ1) is 49.5. The van der Waals surface area contributed by atoms with Crippen LogP contribution in [0.15, 0.2) is 0 Å². The van der Waals surface area contributed by atoms with E-state index < -0.39 is 30.5 Å². The van der Waals surface area contributed by atoms with Crippen LogP contribution in [0.25, 0.3) is 0 Å². The largest absolute Gasteiger partial charge is 3.00 e. The van der Waals surface area contributed by atoms with Crippen LogP contribution in [0.5, 0.6) is 0 Å². The number of hydrogen-bond acceptors (Lipinski definition) is 18. The third-order valence-electron chi connectivity index (χ3n) is 0. The molecule has 0 aliphatic carbocycles. The molecule has 0 atom stereocenters. The molecule has 0 N–H and O–H groups in total. The van der Waals surface area contributed by atoms with Gasteiger partial charge < -0.3 is 91.9 Å². The van der Waals surface area contributed by atoms with Crippen molar-refractivity contribution in [2.24, 2.45) is 0 Å². The first-order valence-corrected chi connectivity index (χ1v) is 3.29. The van der Waals surface area contributed by atoms with E-state index in [1.165, 1.54) is 0 Å². The summed E-state index contributed by atoms with van der Waals surface area (Å²) in [6, 6.07) is 0. The summed E-state index contributed by atoms with van der Waals surface area (Å²) in [7, 11) is 0. The van der Waals surface area contributed by atoms with Gasteiger partial charge in [-0.05, 0) is 0 Å². The minimum absolute atomic E-state index is 0. The zero-order valence-electron chi connectivity index (χ0n) is 11.2. The maximum Gasteiger partial charge on any atom is 3.00 e. The van der Waals surface area contributed by atoms with Crippen LogP contribution in [0, 0.1) is 91.9 Å². The molecule has 0 saturated carbocycles. The molecule has 26 heteroatoms. The van der Waals surface area contributed by atoms with Gasteiger partial charge in [0.25, 0.3) is 0 Å². The molecular formula is AlN6O18Sc. The molecule has 24 nitrogen and oxygen atoms in total. The summed E-state index contributed by atoms with van der Waals surface area (Å²) in [6.07, 6.45) is 0. The SMILES string of the molecule is O=[N+]([O-])[O-].O=[N+]([O-])[O-].O=[N+]([O-])[O-].O=[N+]([O-])[O-].O=[N+]([O-])[O-].O=[N+]([O-])[O-].[Al+3].[Sc+3]. The van der Waals surface area contributed by atoms with Crippen LogP contribution in [-0.4, -0.2) is 47.9 Å². The van der Waals surface area contributed by atoms with E-state index in [1.54, 1.807) is 0 Å². The minimum Gasteiger partial charge on any atom is -0.356 e. The quantitative estimate of drug-likeness (QED) is 0.225. The van der Waals surface area contributed by atoms with Crippen LogP contribution in [0.3, 0.4) is 0 Å². The summed E-state index contributed by atoms with van der Waals surface area (Å²) >= 11 is 0. The number of hydrogen-bond donors (Lipinski definition) is 0. The van der Waals surface area contributed by atoms with Crippen molar-refractivity contribution in [1.82, 2.24) is 0 Å². The second-order valence-corrected chi connectivity index (χ2v) is 1.34. The molecule has 0 aromatic carbocycles. The van der Waals surface area contributed by atoms with Crippen LogP contribution < -0.4 is 0 Å². The minimum atomic E-state index is -1.75. The maximum atomic E-state index is 8.25. The van der Waals surface area contributed by atoms with Crippen molar-refractivity contribution in [3.63, 3.8) is 0 Å². The second-order valence-electron chi connectivity index (χ2n) is 1.34. The smallest absolute Gasteiger partial charge is 0.356 e. The van der Waals surface area contributed by atoms with Crippen molar-refractivity contribution in [3.05, 3.63) is 91.9 Å². The monoisotopic (exact) mass is 444 g/mol. The Kier molecular flexibility index (Phi) is 81.8. The molecule has 0 saturated heterocycles. The van der Waals surface area contributed by atoms with Crippen molar-refractivity contribution < 1.29 is 56.4 Å². The van der Waals surface area contributed by atoms with E-state index in [4.69, 9.17) is 91.9 Å². The predicted molar refractivity (Wildman–Crippen MR) is 67.9 cm³/mol. The number of nitrogens with zero attached hydrogens (tertiary/aromatic N) is 6. The average molecular weight is 444 g/mol. The zero-order valence-corrected chi connectivity index (χ0v) is 14.1. The molecule has 0 aromatic rings. The van der Waals surface area contributed by atoms with Gasteiger partial charge in [-0.2, -0.15) is 0 Å². The molecular weight excluding hydrogens is 444 g/mol. The summed E-state index contributed by atoms with van der Waals surface area (Å²) in [5.41, 5.74) is 0. The van der Waals surface area contributed by atoms with Gasteiger partial charge >= 0.3 is 43.2 Å². The van der Waals surface area contributed by atoms with Gasteiger partial charge in [0, 0.05) is 0 Å². The van der Waals surface area contributed by atoms with Gasteiger partial charge in [-0.3, -0.25) is 0 Å². The van der Waals surface area contributed by atoms with Crippen molar-refractivity contribution in [2.45, 2.75) is 0 Å². The van der Waals surface area contributed by atoms with Crippen molar-refractivity contribution in [3.8, 4) is 0 Å². The second kappa shape index (κ2) is 43.0. The van der Waals surface area contributed by atoms with E-state index >= 15 is 0 Å². The van der Waals surface area contributed by atoms with Gasteiger partial charge in [-0.15, -0.1) is 0 Å². The van der Waals surface area contributed by atoms with Crippen LogP contribution in [0.1, 0.15) is 0 Å². The topological polar surface area (TPSA) is 397 Å². The Morgan fingerprint density at radius 1 is 0.308 bits per heavy atom. The molecule has 0 aliphatic rings. The predicted octanol–water partition coefficient (Wildman–Crippen LogP) is -1.82. The zero-order chi connectivity index (χ0) is 21.5. The molecule has 0 aromatic heterocycles. The molecule has 0 rings (SSSR count). The van der Waals surface area contributed by atoms with Crippen molar-refractivity contribution in [2.75, 3.05) is 0 Å². The van der Waals surface area contributed by atoms with E-state index in [0.717, 1.165) is 0 Å². The molecule has 0 heterocycles. The molecule has 144 valence electrons. The average Bonchev–Trinajstić information content (AvgIpc) is 2.08. The Hall–Kier alpha value is -3.40. The van der Waals surface area contributed by atoms with E-state index in [9.17, 15) is 0 Å². The van der Waals surface area contributed by atoms with Crippen LogP contribution in [-0.2, 0) is 25.8 Å². The van der Waals surface area contributed by atoms with Gasteiger partial charge in [0.2, 0.25) is 0 Å². The van der Waals surface area contributed by atoms with E-state index in [-0.39, 0.29) is 43.2 Å². The summed E-state index contributed by atoms with van der Waals surface area (Å²) in [4.78, 5) is 49.5. The van der Waals surface area contributed by atoms with Gasteiger partial charge in [0.15, 0.2) is 0 Å². The molecule has 0 amide bonds. The van der Waals surface area contributed by atoms with Crippen LogP contribution in [0.4, 0.5) is 0 Å². The van der Waals surface area contributed by atoms with Gasteiger partial charge in [0.1, 0.15) is 0 Å². The van der Waals surface area contributed by atoms with Crippen molar-refractivity contribution >= 4 is 17.4 Å². The first-order chi connectivity index (χ1) is 10.4. The Bertz CT molecular complexity index is 263. The fourth-order valence-corrected chi connectivity index (χ4v) is 0. The van der Waals surface area contributed by atoms with Crippen LogP contribution >= 0.6 is 0 Å². The third kappa shape index (κ3) is 686. The molecule has 0 radical (unpaired) electrons. The number of rotatable bonds is 0. The summed E-state index contributed by atoms with van der Waals surface area (Å²) in [6.45, 7) is 0. The Morgan fingerprint density at radius 3 is 0.308 bits per heavy atom. The van der Waals surface area contributed by atoms with E-state index in [2.05, 4.69) is 0 Å². The standard InChI is InChI=1S/Al.6NO3.Sc/c;6*2-1(3)4;/q+3;6*-1;+3. The van der Waals surface area contributed by atoms with Gasteiger partial charge in [0.05, 0.1) is 30.5 Å². The first-order valence-electron chi connectivity index (χ1n) is 3.29. The molecule has 0 unspecified atom stereocenters. The van der Waals surface area contributed by atoms with Gasteiger partial charge in [-0.25, -0.2) is 0 Å². The summed E-state index contributed by atoms with van der Waals surface area (Å²) < 4.78 is 0. The summed E-state index contributed by atoms with van der Waals surface area (Å²) in [5.74, 6) is 0.